The molecule has 178 valence electrons. The Bertz CT molecular complexity index is 1690. The van der Waals surface area contributed by atoms with Gasteiger partial charge in [0.1, 0.15) is 6.20 Å². The topological polar surface area (TPSA) is 115 Å². The Morgan fingerprint density at radius 2 is 1.97 bits per heavy atom. The summed E-state index contributed by atoms with van der Waals surface area (Å²) in [6.45, 7) is 4.79. The zero-order valence-corrected chi connectivity index (χ0v) is 20.8. The van der Waals surface area contributed by atoms with Crippen LogP contribution in [-0.2, 0) is 14.6 Å². The molecule has 4 aromatic heterocycles. The van der Waals surface area contributed by atoms with Crippen LogP contribution in [0.4, 0.5) is 5.82 Å². The molecule has 0 amide bonds. The number of hydrogen-bond donors (Lipinski definition) is 1. The van der Waals surface area contributed by atoms with Gasteiger partial charge in [-0.05, 0) is 36.2 Å². The molecular weight excluding hydrogens is 484 g/mol. The van der Waals surface area contributed by atoms with Crippen LogP contribution >= 0.6 is 11.3 Å². The SMILES string of the molecule is Cc1c(-c2cccc(S(C)(=O)=O)c2)sc2c(N3CCOCC3)nc(-c3cnc4[nH+]c[nH]c4c3)nc12. The maximum absolute atomic E-state index is 12.2. The van der Waals surface area contributed by atoms with Crippen LogP contribution in [0.25, 0.3) is 43.2 Å². The second kappa shape index (κ2) is 8.36. The molecule has 9 nitrogen and oxygen atoms in total. The van der Waals surface area contributed by atoms with E-state index in [9.17, 15) is 8.42 Å². The third-order valence-electron chi connectivity index (χ3n) is 6.17. The van der Waals surface area contributed by atoms with Crippen molar-refractivity contribution in [1.29, 1.82) is 0 Å². The molecule has 1 aromatic carbocycles. The van der Waals surface area contributed by atoms with Gasteiger partial charge in [-0.15, -0.1) is 16.3 Å². The Balaban J connectivity index is 1.57. The number of fused-ring (bicyclic) bond motifs is 2. The summed E-state index contributed by atoms with van der Waals surface area (Å²) in [6.07, 6.45) is 4.74. The number of benzene rings is 1. The number of nitrogens with zero attached hydrogens (tertiary/aromatic N) is 4. The molecule has 1 aliphatic rings. The predicted octanol–water partition coefficient (Wildman–Crippen LogP) is 3.26. The molecule has 1 fully saturated rings. The number of aromatic amines is 2. The summed E-state index contributed by atoms with van der Waals surface area (Å²) >= 11 is 1.60. The molecule has 0 radical (unpaired) electrons. The number of thiophene rings is 1. The normalized spacial score (nSPS) is 14.7. The van der Waals surface area contributed by atoms with Crippen molar-refractivity contribution in [2.75, 3.05) is 37.5 Å². The van der Waals surface area contributed by atoms with E-state index in [2.05, 4.69) is 19.9 Å². The number of aryl methyl sites for hydroxylation is 1. The molecule has 0 unspecified atom stereocenters. The molecule has 0 bridgehead atoms. The van der Waals surface area contributed by atoms with Crippen LogP contribution in [0.2, 0.25) is 0 Å². The van der Waals surface area contributed by atoms with E-state index >= 15 is 0 Å². The summed E-state index contributed by atoms with van der Waals surface area (Å²) in [5.41, 5.74) is 5.17. The van der Waals surface area contributed by atoms with E-state index in [1.54, 1.807) is 42.1 Å². The van der Waals surface area contributed by atoms with Crippen LogP contribution < -0.4 is 9.88 Å². The lowest BCUT2D eigenvalue weighted by Crippen LogP contribution is -2.36. The smallest absolute Gasteiger partial charge is 0.299 e. The number of ether oxygens (including phenoxy) is 1. The van der Waals surface area contributed by atoms with Crippen LogP contribution in [0.3, 0.4) is 0 Å². The minimum Gasteiger partial charge on any atom is -0.378 e. The van der Waals surface area contributed by atoms with Crippen LogP contribution in [0.1, 0.15) is 5.56 Å². The van der Waals surface area contributed by atoms with E-state index in [0.717, 1.165) is 61.9 Å². The van der Waals surface area contributed by atoms with E-state index < -0.39 is 9.84 Å². The van der Waals surface area contributed by atoms with Crippen LogP contribution in [0.5, 0.6) is 0 Å². The number of aromatic nitrogens is 5. The number of morpholine rings is 1. The molecule has 0 saturated carbocycles. The van der Waals surface area contributed by atoms with E-state index in [0.29, 0.717) is 23.9 Å². The van der Waals surface area contributed by atoms with Crippen LogP contribution in [0.15, 0.2) is 47.8 Å². The van der Waals surface area contributed by atoms with Gasteiger partial charge in [0.2, 0.25) is 0 Å². The maximum Gasteiger partial charge on any atom is 0.299 e. The molecule has 1 saturated heterocycles. The summed E-state index contributed by atoms with van der Waals surface area (Å²) in [5, 5.41) is 0. The molecule has 0 aliphatic carbocycles. The van der Waals surface area contributed by atoms with Gasteiger partial charge in [-0.25, -0.2) is 23.4 Å². The lowest BCUT2D eigenvalue weighted by atomic mass is 10.1. The first-order valence-corrected chi connectivity index (χ1v) is 13.9. The van der Waals surface area contributed by atoms with Gasteiger partial charge in [0.25, 0.3) is 5.65 Å². The summed E-state index contributed by atoms with van der Waals surface area (Å²) in [5.74, 6) is 1.46. The minimum absolute atomic E-state index is 0.300. The lowest BCUT2D eigenvalue weighted by Gasteiger charge is -2.28. The highest BCUT2D eigenvalue weighted by molar-refractivity contribution is 7.90. The zero-order chi connectivity index (χ0) is 24.2. The molecule has 6 rings (SSSR count). The second-order valence-corrected chi connectivity index (χ2v) is 11.6. The molecule has 2 N–H and O–H groups in total. The molecular formula is C24H23N6O3S2+. The quantitative estimate of drug-likeness (QED) is 0.397. The van der Waals surface area contributed by atoms with Crippen molar-refractivity contribution in [3.8, 4) is 21.8 Å². The first-order chi connectivity index (χ1) is 16.9. The molecule has 1 aliphatic heterocycles. The first kappa shape index (κ1) is 22.1. The third-order valence-corrected chi connectivity index (χ3v) is 8.60. The number of pyridine rings is 1. The third kappa shape index (κ3) is 3.95. The lowest BCUT2D eigenvalue weighted by molar-refractivity contribution is -0.347. The van der Waals surface area contributed by atoms with Gasteiger partial charge in [-0.1, -0.05) is 12.1 Å². The Labute approximate surface area is 205 Å². The fourth-order valence-corrected chi connectivity index (χ4v) is 6.26. The molecule has 35 heavy (non-hydrogen) atoms. The van der Waals surface area contributed by atoms with E-state index in [1.165, 1.54) is 6.26 Å². The fourth-order valence-electron chi connectivity index (χ4n) is 4.33. The molecule has 0 atom stereocenters. The Morgan fingerprint density at radius 1 is 1.14 bits per heavy atom. The second-order valence-electron chi connectivity index (χ2n) is 8.56. The Kier molecular flexibility index (Phi) is 5.28. The summed E-state index contributed by atoms with van der Waals surface area (Å²) in [4.78, 5) is 24.2. The van der Waals surface area contributed by atoms with Crippen molar-refractivity contribution in [1.82, 2.24) is 19.9 Å². The number of H-pyrrole nitrogens is 2. The Hall–Kier alpha value is -3.41. The predicted molar refractivity (Wildman–Crippen MR) is 135 cm³/mol. The minimum atomic E-state index is -3.32. The van der Waals surface area contributed by atoms with Gasteiger partial charge >= 0.3 is 0 Å². The van der Waals surface area contributed by atoms with Gasteiger partial charge in [0.05, 0.1) is 33.9 Å². The van der Waals surface area contributed by atoms with Crippen LogP contribution in [-0.4, -0.2) is 60.9 Å². The number of nitrogens with one attached hydrogen (secondary N) is 2. The van der Waals surface area contributed by atoms with Crippen LogP contribution in [0, 0.1) is 6.92 Å². The van der Waals surface area contributed by atoms with Crippen molar-refractivity contribution < 1.29 is 18.1 Å². The Morgan fingerprint density at radius 3 is 2.77 bits per heavy atom. The highest BCUT2D eigenvalue weighted by atomic mass is 32.2. The maximum atomic E-state index is 12.2. The first-order valence-electron chi connectivity index (χ1n) is 11.2. The average molecular weight is 508 g/mol. The number of hydrogen-bond acceptors (Lipinski definition) is 8. The van der Waals surface area contributed by atoms with Gasteiger partial charge in [-0.3, -0.25) is 4.98 Å². The molecule has 5 heterocycles. The number of sulfone groups is 1. The number of anilines is 1. The van der Waals surface area contributed by atoms with Crippen molar-refractivity contribution in [2.45, 2.75) is 11.8 Å². The van der Waals surface area contributed by atoms with Crippen molar-refractivity contribution in [2.24, 2.45) is 0 Å². The van der Waals surface area contributed by atoms with Crippen molar-refractivity contribution >= 4 is 48.4 Å². The summed E-state index contributed by atoms with van der Waals surface area (Å²) < 4.78 is 30.9. The summed E-state index contributed by atoms with van der Waals surface area (Å²) in [6, 6.07) is 9.06. The number of imidazole rings is 1. The van der Waals surface area contributed by atoms with Crippen molar-refractivity contribution in [3.63, 3.8) is 0 Å². The van der Waals surface area contributed by atoms with Gasteiger partial charge < -0.3 is 9.64 Å². The highest BCUT2D eigenvalue weighted by Gasteiger charge is 2.24. The van der Waals surface area contributed by atoms with E-state index in [4.69, 9.17) is 14.7 Å². The van der Waals surface area contributed by atoms with E-state index in [-0.39, 0.29) is 0 Å². The zero-order valence-electron chi connectivity index (χ0n) is 19.2. The standard InChI is InChI=1S/C24H22N6O3S2/c1-14-19-21(34-20(14)15-4-3-5-17(10-15)35(2,31)32)24(30-6-8-33-9-7-30)29-22(28-19)16-11-18-23(25-12-16)27-13-26-18/h3-5,10-13H,6-9H2,1-2H3,(H,25,26,27)/p+1. The van der Waals surface area contributed by atoms with Gasteiger partial charge in [-0.2, -0.15) is 0 Å². The monoisotopic (exact) mass is 507 g/mol. The summed E-state index contributed by atoms with van der Waals surface area (Å²) in [7, 11) is -3.32. The number of rotatable bonds is 4. The molecule has 11 heteroatoms. The highest BCUT2D eigenvalue weighted by Crippen LogP contribution is 2.42. The van der Waals surface area contributed by atoms with E-state index in [1.807, 2.05) is 19.1 Å². The fraction of sp³-hybridized carbons (Fsp3) is 0.250. The average Bonchev–Trinajstić information content (AvgIpc) is 3.47. The van der Waals surface area contributed by atoms with Crippen molar-refractivity contribution in [3.05, 3.63) is 48.4 Å². The largest absolute Gasteiger partial charge is 0.378 e. The van der Waals surface area contributed by atoms with Gasteiger partial charge in [0.15, 0.2) is 33.3 Å². The molecule has 5 aromatic rings. The van der Waals surface area contributed by atoms with Gasteiger partial charge in [0, 0.05) is 24.2 Å². The molecule has 0 spiro atoms.